The van der Waals surface area contributed by atoms with E-state index in [1.807, 2.05) is 71.3 Å². The second-order valence-electron chi connectivity index (χ2n) is 8.94. The molecule has 1 aliphatic rings. The summed E-state index contributed by atoms with van der Waals surface area (Å²) in [6.07, 6.45) is 1.67. The number of nitrogen functional groups attached to an aromatic ring is 1. The average molecular weight is 453 g/mol. The van der Waals surface area contributed by atoms with Gasteiger partial charge in [0.25, 0.3) is 5.91 Å². The number of para-hydroxylation sites is 1. The van der Waals surface area contributed by atoms with Crippen LogP contribution in [0.15, 0.2) is 36.4 Å². The van der Waals surface area contributed by atoms with E-state index in [1.54, 1.807) is 9.80 Å². The Morgan fingerprint density at radius 1 is 1.03 bits per heavy atom. The first-order chi connectivity index (χ1) is 15.7. The number of hydrogen-bond acceptors (Lipinski definition) is 5. The van der Waals surface area contributed by atoms with Crippen molar-refractivity contribution in [3.05, 3.63) is 53.1 Å². The molecule has 0 aromatic heterocycles. The minimum absolute atomic E-state index is 0.000703. The van der Waals surface area contributed by atoms with Gasteiger partial charge in [0.2, 0.25) is 5.91 Å². The lowest BCUT2D eigenvalue weighted by molar-refractivity contribution is -0.135. The van der Waals surface area contributed by atoms with Crippen LogP contribution in [-0.2, 0) is 9.59 Å². The van der Waals surface area contributed by atoms with E-state index in [2.05, 4.69) is 4.90 Å². The van der Waals surface area contributed by atoms with E-state index in [0.29, 0.717) is 12.3 Å². The van der Waals surface area contributed by atoms with E-state index in [4.69, 9.17) is 10.5 Å². The van der Waals surface area contributed by atoms with E-state index in [9.17, 15) is 9.59 Å². The molecule has 0 atom stereocenters. The van der Waals surface area contributed by atoms with Gasteiger partial charge in [-0.15, -0.1) is 0 Å². The lowest BCUT2D eigenvalue weighted by Crippen LogP contribution is -2.49. The zero-order valence-corrected chi connectivity index (χ0v) is 20.4. The minimum atomic E-state index is -0.0418. The number of rotatable bonds is 7. The number of piperidine rings is 1. The molecule has 1 fully saturated rings. The molecule has 0 radical (unpaired) electrons. The first-order valence-electron chi connectivity index (χ1n) is 11.5. The molecule has 7 heteroatoms. The Kier molecular flexibility index (Phi) is 7.97. The van der Waals surface area contributed by atoms with Crippen molar-refractivity contribution in [2.45, 2.75) is 39.7 Å². The maximum absolute atomic E-state index is 12.8. The second kappa shape index (κ2) is 10.7. The zero-order chi connectivity index (χ0) is 24.1. The number of amides is 2. The molecule has 7 nitrogen and oxygen atoms in total. The van der Waals surface area contributed by atoms with Crippen LogP contribution in [0.2, 0.25) is 0 Å². The Labute approximate surface area is 197 Å². The van der Waals surface area contributed by atoms with Crippen molar-refractivity contribution in [1.29, 1.82) is 0 Å². The van der Waals surface area contributed by atoms with Gasteiger partial charge in [-0.2, -0.15) is 0 Å². The highest BCUT2D eigenvalue weighted by atomic mass is 16.5. The van der Waals surface area contributed by atoms with Gasteiger partial charge in [0, 0.05) is 44.6 Å². The average Bonchev–Trinajstić information content (AvgIpc) is 2.84. The molecule has 1 aliphatic heterocycles. The first-order valence-corrected chi connectivity index (χ1v) is 11.5. The highest BCUT2D eigenvalue weighted by Gasteiger charge is 2.27. The topological polar surface area (TPSA) is 79.1 Å². The summed E-state index contributed by atoms with van der Waals surface area (Å²) in [6.45, 7) is 7.82. The van der Waals surface area contributed by atoms with Crippen molar-refractivity contribution >= 4 is 23.2 Å². The summed E-state index contributed by atoms with van der Waals surface area (Å²) in [6, 6.07) is 11.7. The number of nitrogens with two attached hydrogens (primary N) is 1. The molecule has 3 rings (SSSR count). The van der Waals surface area contributed by atoms with Crippen LogP contribution < -0.4 is 15.4 Å². The molecule has 0 aliphatic carbocycles. The monoisotopic (exact) mass is 452 g/mol. The summed E-state index contributed by atoms with van der Waals surface area (Å²) < 4.78 is 5.86. The predicted octanol–water partition coefficient (Wildman–Crippen LogP) is 3.16. The van der Waals surface area contributed by atoms with E-state index >= 15 is 0 Å². The molecule has 0 saturated carbocycles. The van der Waals surface area contributed by atoms with Crippen molar-refractivity contribution in [1.82, 2.24) is 9.80 Å². The Hall–Kier alpha value is -3.06. The molecule has 2 N–H and O–H groups in total. The molecule has 178 valence electrons. The quantitative estimate of drug-likeness (QED) is 0.653. The van der Waals surface area contributed by atoms with Crippen LogP contribution >= 0.6 is 0 Å². The molecule has 1 heterocycles. The largest absolute Gasteiger partial charge is 0.483 e. The van der Waals surface area contributed by atoms with Gasteiger partial charge < -0.3 is 20.3 Å². The van der Waals surface area contributed by atoms with Gasteiger partial charge in [0.05, 0.1) is 6.54 Å². The van der Waals surface area contributed by atoms with Crippen LogP contribution in [0.5, 0.6) is 5.75 Å². The Bertz CT molecular complexity index is 985. The van der Waals surface area contributed by atoms with E-state index in [-0.39, 0.29) is 24.5 Å². The van der Waals surface area contributed by atoms with Crippen molar-refractivity contribution < 1.29 is 14.3 Å². The molecule has 33 heavy (non-hydrogen) atoms. The predicted molar refractivity (Wildman–Crippen MR) is 133 cm³/mol. The van der Waals surface area contributed by atoms with Crippen molar-refractivity contribution in [2.75, 3.05) is 51.0 Å². The maximum Gasteiger partial charge on any atom is 0.260 e. The summed E-state index contributed by atoms with van der Waals surface area (Å²) in [5, 5.41) is 0. The Morgan fingerprint density at radius 2 is 1.67 bits per heavy atom. The number of hydrogen-bond donors (Lipinski definition) is 1. The third-order valence-electron chi connectivity index (χ3n) is 6.83. The van der Waals surface area contributed by atoms with Gasteiger partial charge in [-0.1, -0.05) is 18.2 Å². The summed E-state index contributed by atoms with van der Waals surface area (Å²) >= 11 is 0. The number of carbonyl (C=O) groups is 2. The summed E-state index contributed by atoms with van der Waals surface area (Å²) in [7, 11) is 3.65. The lowest BCUT2D eigenvalue weighted by Gasteiger charge is -2.37. The van der Waals surface area contributed by atoms with Crippen molar-refractivity contribution in [2.24, 2.45) is 0 Å². The summed E-state index contributed by atoms with van der Waals surface area (Å²) in [4.78, 5) is 31.1. The van der Waals surface area contributed by atoms with E-state index in [0.717, 1.165) is 54.0 Å². The standard InChI is InChI=1S/C26H36N4O3/c1-18-15-23(19(2)20(3)26(18)27)33-17-25(32)29(5)22-11-13-30(14-12-22)16-24(31)28(4)21-9-7-6-8-10-21/h6-10,15,22H,11-14,16-17,27H2,1-5H3. The third-order valence-corrected chi connectivity index (χ3v) is 6.83. The Balaban J connectivity index is 1.47. The number of benzene rings is 2. The van der Waals surface area contributed by atoms with Gasteiger partial charge >= 0.3 is 0 Å². The highest BCUT2D eigenvalue weighted by molar-refractivity contribution is 5.94. The van der Waals surface area contributed by atoms with E-state index < -0.39 is 0 Å². The third kappa shape index (κ3) is 5.85. The van der Waals surface area contributed by atoms with Gasteiger partial charge in [-0.05, 0) is 68.5 Å². The fourth-order valence-electron chi connectivity index (χ4n) is 4.22. The molecule has 0 spiro atoms. The minimum Gasteiger partial charge on any atom is -0.483 e. The number of ether oxygens (including phenoxy) is 1. The van der Waals surface area contributed by atoms with Crippen molar-refractivity contribution in [3.8, 4) is 5.75 Å². The Morgan fingerprint density at radius 3 is 2.30 bits per heavy atom. The number of aryl methyl sites for hydroxylation is 1. The fraction of sp³-hybridized carbons (Fsp3) is 0.462. The van der Waals surface area contributed by atoms with E-state index in [1.165, 1.54) is 0 Å². The second-order valence-corrected chi connectivity index (χ2v) is 8.94. The molecule has 0 bridgehead atoms. The van der Waals surface area contributed by atoms with Crippen LogP contribution in [0.3, 0.4) is 0 Å². The van der Waals surface area contributed by atoms with Gasteiger partial charge in [0.1, 0.15) is 5.75 Å². The van der Waals surface area contributed by atoms with Gasteiger partial charge in [-0.25, -0.2) is 0 Å². The normalized spacial score (nSPS) is 14.7. The summed E-state index contributed by atoms with van der Waals surface area (Å²) in [5.41, 5.74) is 10.7. The first kappa shape index (κ1) is 24.6. The van der Waals surface area contributed by atoms with Crippen LogP contribution in [0.1, 0.15) is 29.5 Å². The molecule has 2 aromatic rings. The van der Waals surface area contributed by atoms with Crippen LogP contribution in [-0.4, -0.2) is 68.0 Å². The maximum atomic E-state index is 12.8. The molecular formula is C26H36N4O3. The highest BCUT2D eigenvalue weighted by Crippen LogP contribution is 2.29. The van der Waals surface area contributed by atoms with Crippen LogP contribution in [0.25, 0.3) is 0 Å². The number of likely N-dealkylation sites (N-methyl/N-ethyl adjacent to an activating group) is 2. The molecule has 2 aromatic carbocycles. The molecular weight excluding hydrogens is 416 g/mol. The molecule has 2 amide bonds. The SMILES string of the molecule is Cc1cc(OCC(=O)N(C)C2CCN(CC(=O)N(C)c3ccccc3)CC2)c(C)c(C)c1N. The lowest BCUT2D eigenvalue weighted by atomic mass is 10.0. The number of carbonyl (C=O) groups excluding carboxylic acids is 2. The molecule has 0 unspecified atom stereocenters. The van der Waals surface area contributed by atoms with Crippen molar-refractivity contribution in [3.63, 3.8) is 0 Å². The summed E-state index contributed by atoms with van der Waals surface area (Å²) in [5.74, 6) is 0.735. The van der Waals surface area contributed by atoms with Gasteiger partial charge in [0.15, 0.2) is 6.61 Å². The van der Waals surface area contributed by atoms with Crippen LogP contribution in [0.4, 0.5) is 11.4 Å². The number of likely N-dealkylation sites (tertiary alicyclic amines) is 1. The number of anilines is 2. The van der Waals surface area contributed by atoms with Gasteiger partial charge in [-0.3, -0.25) is 14.5 Å². The zero-order valence-electron chi connectivity index (χ0n) is 20.4. The van der Waals surface area contributed by atoms with Crippen LogP contribution in [0, 0.1) is 20.8 Å². The smallest absolute Gasteiger partial charge is 0.260 e. The molecule has 1 saturated heterocycles. The fourth-order valence-corrected chi connectivity index (χ4v) is 4.22. The number of nitrogens with zero attached hydrogens (tertiary/aromatic N) is 3.